The van der Waals surface area contributed by atoms with Crippen molar-refractivity contribution in [2.45, 2.75) is 6.92 Å². The molecule has 3 aromatic heterocycles. The highest BCUT2D eigenvalue weighted by molar-refractivity contribution is 5.83. The first-order valence-corrected chi connectivity index (χ1v) is 19.5. The maximum atomic E-state index is 5.12. The summed E-state index contributed by atoms with van der Waals surface area (Å²) in [6.45, 7) is 2.12. The lowest BCUT2D eigenvalue weighted by Crippen LogP contribution is -2.00. The van der Waals surface area contributed by atoms with E-state index in [9.17, 15) is 0 Å². The number of rotatable bonds is 8. The maximum absolute atomic E-state index is 5.12. The number of fused-ring (bicyclic) bond motifs is 1. The van der Waals surface area contributed by atoms with Gasteiger partial charge in [0.15, 0.2) is 17.5 Å². The molecule has 0 radical (unpaired) electrons. The molecule has 274 valence electrons. The minimum Gasteiger partial charge on any atom is -0.299 e. The van der Waals surface area contributed by atoms with Gasteiger partial charge < -0.3 is 0 Å². The minimum absolute atomic E-state index is 0.623. The van der Waals surface area contributed by atoms with Crippen molar-refractivity contribution in [1.29, 1.82) is 0 Å². The molecule has 0 N–H and O–H groups in total. The van der Waals surface area contributed by atoms with E-state index in [0.717, 1.165) is 72.7 Å². The van der Waals surface area contributed by atoms with E-state index in [4.69, 9.17) is 19.9 Å². The summed E-state index contributed by atoms with van der Waals surface area (Å²) in [7, 11) is 0. The summed E-state index contributed by atoms with van der Waals surface area (Å²) in [5, 5.41) is 0. The quantitative estimate of drug-likeness (QED) is 0.155. The predicted molar refractivity (Wildman–Crippen MR) is 237 cm³/mol. The minimum atomic E-state index is 0.623. The third-order valence-electron chi connectivity index (χ3n) is 10.5. The second-order valence-corrected chi connectivity index (χ2v) is 14.5. The third-order valence-corrected chi connectivity index (χ3v) is 10.5. The van der Waals surface area contributed by atoms with Gasteiger partial charge >= 0.3 is 0 Å². The van der Waals surface area contributed by atoms with Gasteiger partial charge in [-0.1, -0.05) is 176 Å². The number of hydrogen-bond acceptors (Lipinski definition) is 4. The average molecular weight is 744 g/mol. The van der Waals surface area contributed by atoms with Gasteiger partial charge in [0.05, 0.1) is 11.4 Å². The lowest BCUT2D eigenvalue weighted by molar-refractivity contribution is 1.07. The summed E-state index contributed by atoms with van der Waals surface area (Å²) in [6.07, 6.45) is 2.08. The Morgan fingerprint density at radius 1 is 0.310 bits per heavy atom. The fraction of sp³-hybridized carbons (Fsp3) is 0.0189. The zero-order chi connectivity index (χ0) is 38.8. The third kappa shape index (κ3) is 6.86. The van der Waals surface area contributed by atoms with E-state index in [0.29, 0.717) is 17.5 Å². The Morgan fingerprint density at radius 3 is 1.24 bits per heavy atom. The highest BCUT2D eigenvalue weighted by atomic mass is 15.0. The van der Waals surface area contributed by atoms with Crippen molar-refractivity contribution in [2.75, 3.05) is 0 Å². The largest absolute Gasteiger partial charge is 0.299 e. The molecule has 0 amide bonds. The molecule has 0 aliphatic heterocycles. The molecule has 5 heteroatoms. The first-order valence-electron chi connectivity index (χ1n) is 19.5. The van der Waals surface area contributed by atoms with E-state index < -0.39 is 0 Å². The smallest absolute Gasteiger partial charge is 0.164 e. The first kappa shape index (κ1) is 34.7. The summed E-state index contributed by atoms with van der Waals surface area (Å²) in [6, 6.07) is 69.6. The number of aryl methyl sites for hydroxylation is 1. The number of nitrogens with zero attached hydrogens (tertiary/aromatic N) is 5. The molecule has 7 aromatic carbocycles. The van der Waals surface area contributed by atoms with Crippen LogP contribution in [0.25, 0.3) is 95.7 Å². The predicted octanol–water partition coefficient (Wildman–Crippen LogP) is 13.2. The highest BCUT2D eigenvalue weighted by Crippen LogP contribution is 2.35. The van der Waals surface area contributed by atoms with Crippen LogP contribution in [0.15, 0.2) is 206 Å². The normalized spacial score (nSPS) is 11.2. The average Bonchev–Trinajstić information content (AvgIpc) is 3.69. The second-order valence-electron chi connectivity index (χ2n) is 14.5. The van der Waals surface area contributed by atoms with Crippen molar-refractivity contribution in [3.63, 3.8) is 0 Å². The summed E-state index contributed by atoms with van der Waals surface area (Å²) in [5.74, 6) is 1.87. The van der Waals surface area contributed by atoms with E-state index in [1.807, 2.05) is 30.3 Å². The molecule has 0 saturated carbocycles. The molecular formula is C53H37N5. The molecule has 0 bridgehead atoms. The van der Waals surface area contributed by atoms with Gasteiger partial charge in [-0.15, -0.1) is 0 Å². The summed E-state index contributed by atoms with van der Waals surface area (Å²) < 4.78 is 2.16. The Morgan fingerprint density at radius 2 is 0.707 bits per heavy atom. The van der Waals surface area contributed by atoms with Crippen LogP contribution in [0.1, 0.15) is 5.56 Å². The highest BCUT2D eigenvalue weighted by Gasteiger charge is 2.17. The Labute approximate surface area is 337 Å². The fourth-order valence-corrected chi connectivity index (χ4v) is 7.62. The molecule has 10 rings (SSSR count). The van der Waals surface area contributed by atoms with Crippen molar-refractivity contribution >= 4 is 5.65 Å². The van der Waals surface area contributed by atoms with Crippen molar-refractivity contribution in [2.24, 2.45) is 0 Å². The Kier molecular flexibility index (Phi) is 9.01. The van der Waals surface area contributed by atoms with Gasteiger partial charge in [-0.2, -0.15) is 0 Å². The summed E-state index contributed by atoms with van der Waals surface area (Å²) in [5.41, 5.74) is 15.8. The van der Waals surface area contributed by atoms with Crippen molar-refractivity contribution in [1.82, 2.24) is 24.3 Å². The molecule has 0 saturated heterocycles. The SMILES string of the molecule is Cc1cc(-c2ccc(-c3nc4ccccn4c3-c3ccccc3)cc2)cc(-c2nc(-c3ccc(-c4ccccc4)cc3)nc(-c3ccc(-c4ccccc4)cc3)n2)c1. The maximum Gasteiger partial charge on any atom is 0.164 e. The fourth-order valence-electron chi connectivity index (χ4n) is 7.62. The van der Waals surface area contributed by atoms with Gasteiger partial charge in [-0.25, -0.2) is 19.9 Å². The molecule has 0 atom stereocenters. The topological polar surface area (TPSA) is 56.0 Å². The first-order chi connectivity index (χ1) is 28.6. The molecule has 0 aliphatic rings. The Hall–Kier alpha value is -7.76. The monoisotopic (exact) mass is 743 g/mol. The Bertz CT molecular complexity index is 2910. The lowest BCUT2D eigenvalue weighted by atomic mass is 9.97. The summed E-state index contributed by atoms with van der Waals surface area (Å²) >= 11 is 0. The number of imidazole rings is 1. The standard InChI is InChI=1S/C53H37N5/c1-36-33-46(41-20-26-42(27-21-41)49-50(43-17-9-4-10-18-43)58-32-12-11-19-48(58)54-49)35-47(34-36)53-56-51(44-28-22-39(23-29-44)37-13-5-2-6-14-37)55-52(57-53)45-30-24-40(25-31-45)38-15-7-3-8-16-38/h2-35H,1H3. The van der Waals surface area contributed by atoms with Gasteiger partial charge in [-0.05, 0) is 70.1 Å². The van der Waals surface area contributed by atoms with Crippen LogP contribution in [0.4, 0.5) is 0 Å². The number of hydrogen-bond donors (Lipinski definition) is 0. The van der Waals surface area contributed by atoms with Crippen LogP contribution in [-0.4, -0.2) is 24.3 Å². The van der Waals surface area contributed by atoms with E-state index in [1.165, 1.54) is 11.1 Å². The van der Waals surface area contributed by atoms with Crippen LogP contribution in [0.5, 0.6) is 0 Å². The van der Waals surface area contributed by atoms with Crippen LogP contribution < -0.4 is 0 Å². The van der Waals surface area contributed by atoms with E-state index >= 15 is 0 Å². The molecule has 0 unspecified atom stereocenters. The molecule has 0 aliphatic carbocycles. The van der Waals surface area contributed by atoms with E-state index in [-0.39, 0.29) is 0 Å². The van der Waals surface area contributed by atoms with Crippen molar-refractivity contribution in [3.8, 4) is 90.1 Å². The molecule has 10 aromatic rings. The van der Waals surface area contributed by atoms with Crippen LogP contribution >= 0.6 is 0 Å². The van der Waals surface area contributed by atoms with E-state index in [2.05, 4.69) is 187 Å². The van der Waals surface area contributed by atoms with Gasteiger partial charge in [0.1, 0.15) is 5.65 Å². The van der Waals surface area contributed by atoms with Crippen LogP contribution in [-0.2, 0) is 0 Å². The zero-order valence-corrected chi connectivity index (χ0v) is 31.9. The molecular weight excluding hydrogens is 707 g/mol. The van der Waals surface area contributed by atoms with Crippen molar-refractivity contribution in [3.05, 3.63) is 212 Å². The van der Waals surface area contributed by atoms with Crippen LogP contribution in [0.3, 0.4) is 0 Å². The molecule has 5 nitrogen and oxygen atoms in total. The molecule has 0 fully saturated rings. The molecule has 58 heavy (non-hydrogen) atoms. The van der Waals surface area contributed by atoms with E-state index in [1.54, 1.807) is 0 Å². The van der Waals surface area contributed by atoms with Crippen LogP contribution in [0.2, 0.25) is 0 Å². The van der Waals surface area contributed by atoms with Gasteiger partial charge in [0.25, 0.3) is 0 Å². The van der Waals surface area contributed by atoms with Gasteiger partial charge in [0, 0.05) is 34.0 Å². The molecule has 3 heterocycles. The van der Waals surface area contributed by atoms with Gasteiger partial charge in [-0.3, -0.25) is 4.40 Å². The number of aromatic nitrogens is 5. The summed E-state index contributed by atoms with van der Waals surface area (Å²) in [4.78, 5) is 20.4. The van der Waals surface area contributed by atoms with Gasteiger partial charge in [0.2, 0.25) is 0 Å². The zero-order valence-electron chi connectivity index (χ0n) is 31.9. The lowest BCUT2D eigenvalue weighted by Gasteiger charge is -2.12. The Balaban J connectivity index is 1.04. The molecule has 0 spiro atoms. The number of pyridine rings is 1. The van der Waals surface area contributed by atoms with Crippen molar-refractivity contribution < 1.29 is 0 Å². The van der Waals surface area contributed by atoms with Crippen LogP contribution in [0, 0.1) is 6.92 Å². The number of benzene rings is 7. The second kappa shape index (κ2) is 15.1.